The second kappa shape index (κ2) is 8.97. The minimum absolute atomic E-state index is 0.360. The summed E-state index contributed by atoms with van der Waals surface area (Å²) in [5, 5.41) is 9.97. The van der Waals surface area contributed by atoms with Crippen molar-refractivity contribution in [2.75, 3.05) is 37.5 Å². The Morgan fingerprint density at radius 1 is 1.32 bits per heavy atom. The maximum atomic E-state index is 13.1. The van der Waals surface area contributed by atoms with E-state index in [4.69, 9.17) is 4.74 Å². The molecular weight excluding hydrogens is 455 g/mol. The fourth-order valence-corrected chi connectivity index (χ4v) is 4.12. The average molecular weight is 479 g/mol. The molecule has 0 spiro atoms. The fourth-order valence-electron chi connectivity index (χ4n) is 4.12. The predicted molar refractivity (Wildman–Crippen MR) is 119 cm³/mol. The zero-order valence-corrected chi connectivity index (χ0v) is 18.8. The Morgan fingerprint density at radius 3 is 2.79 bits per heavy atom. The summed E-state index contributed by atoms with van der Waals surface area (Å²) in [5.41, 5.74) is -0.651. The van der Waals surface area contributed by atoms with E-state index >= 15 is 0 Å². The van der Waals surface area contributed by atoms with Gasteiger partial charge in [0, 0.05) is 45.9 Å². The highest BCUT2D eigenvalue weighted by Crippen LogP contribution is 2.30. The first-order chi connectivity index (χ1) is 16.1. The second-order valence-corrected chi connectivity index (χ2v) is 8.17. The molecule has 0 aliphatic carbocycles. The molecule has 2 N–H and O–H groups in total. The Morgan fingerprint density at radius 2 is 2.09 bits per heavy atom. The smallest absolute Gasteiger partial charge is 0.377 e. The van der Waals surface area contributed by atoms with Gasteiger partial charge < -0.3 is 24.4 Å². The van der Waals surface area contributed by atoms with E-state index in [2.05, 4.69) is 25.4 Å². The summed E-state index contributed by atoms with van der Waals surface area (Å²) in [6.07, 6.45) is -0.399. The number of hydrogen-bond acceptors (Lipinski definition) is 6. The molecule has 0 aromatic carbocycles. The maximum absolute atomic E-state index is 13.1. The fraction of sp³-hybridized carbons (Fsp3) is 0.429. The van der Waals surface area contributed by atoms with Crippen LogP contribution in [0, 0.1) is 0 Å². The number of aromatic nitrogens is 4. The van der Waals surface area contributed by atoms with E-state index in [1.807, 2.05) is 6.07 Å². The monoisotopic (exact) mass is 479 g/mol. The van der Waals surface area contributed by atoms with Crippen molar-refractivity contribution >= 4 is 28.4 Å². The Hall–Kier alpha value is -3.61. The van der Waals surface area contributed by atoms with Crippen molar-refractivity contribution in [3.8, 4) is 0 Å². The number of aromatic amines is 1. The summed E-state index contributed by atoms with van der Waals surface area (Å²) >= 11 is 0. The van der Waals surface area contributed by atoms with Crippen LogP contribution in [0.1, 0.15) is 12.0 Å². The summed E-state index contributed by atoms with van der Waals surface area (Å²) < 4.78 is 45.8. The summed E-state index contributed by atoms with van der Waals surface area (Å²) in [6.45, 7) is 1.06. The molecule has 3 aromatic heterocycles. The molecule has 4 heterocycles. The second-order valence-electron chi connectivity index (χ2n) is 8.17. The average Bonchev–Trinajstić information content (AvgIpc) is 3.28. The summed E-state index contributed by atoms with van der Waals surface area (Å²) in [5.74, 6) is 0. The SMILES string of the molecule is CO[C@H]1CN(c2cnc3[nH]ncc3c2)CC[C@@H]1N(C)C(=O)Nc1cc(C(F)(F)F)cn(C)c1=O. The molecule has 0 unspecified atom stereocenters. The first kappa shape index (κ1) is 23.5. The Bertz CT molecular complexity index is 1260. The van der Waals surface area contributed by atoms with Gasteiger partial charge in [-0.05, 0) is 18.6 Å². The molecule has 34 heavy (non-hydrogen) atoms. The van der Waals surface area contributed by atoms with Gasteiger partial charge in [-0.25, -0.2) is 9.78 Å². The van der Waals surface area contributed by atoms with Crippen LogP contribution in [0.5, 0.6) is 0 Å². The number of aryl methyl sites for hydroxylation is 1. The predicted octanol–water partition coefficient (Wildman–Crippen LogP) is 2.43. The zero-order chi connectivity index (χ0) is 24.6. The number of H-pyrrole nitrogens is 1. The number of methoxy groups -OCH3 is 1. The molecular formula is C21H24F3N7O3. The van der Waals surface area contributed by atoms with Crippen LogP contribution >= 0.6 is 0 Å². The van der Waals surface area contributed by atoms with Crippen molar-refractivity contribution in [3.63, 3.8) is 0 Å². The van der Waals surface area contributed by atoms with Crippen LogP contribution in [0.25, 0.3) is 11.0 Å². The molecule has 182 valence electrons. The number of hydrogen-bond donors (Lipinski definition) is 2. The number of nitrogens with zero attached hydrogens (tertiary/aromatic N) is 5. The highest BCUT2D eigenvalue weighted by Gasteiger charge is 2.36. The molecule has 2 atom stereocenters. The minimum atomic E-state index is -4.65. The van der Waals surface area contributed by atoms with Gasteiger partial charge in [-0.3, -0.25) is 9.89 Å². The molecule has 1 fully saturated rings. The lowest BCUT2D eigenvalue weighted by Gasteiger charge is -2.42. The van der Waals surface area contributed by atoms with Crippen LogP contribution in [-0.2, 0) is 18.0 Å². The number of halogens is 3. The van der Waals surface area contributed by atoms with E-state index in [0.29, 0.717) is 37.4 Å². The molecule has 0 saturated carbocycles. The lowest BCUT2D eigenvalue weighted by molar-refractivity contribution is -0.138. The van der Waals surface area contributed by atoms with E-state index < -0.39 is 29.0 Å². The molecule has 1 aliphatic rings. The van der Waals surface area contributed by atoms with E-state index in [9.17, 15) is 22.8 Å². The number of carbonyl (C=O) groups excluding carboxylic acids is 1. The largest absolute Gasteiger partial charge is 0.417 e. The number of carbonyl (C=O) groups is 1. The topological polar surface area (TPSA) is 108 Å². The van der Waals surface area contributed by atoms with Gasteiger partial charge in [0.05, 0.1) is 35.8 Å². The van der Waals surface area contributed by atoms with Crippen LogP contribution < -0.4 is 15.8 Å². The van der Waals surface area contributed by atoms with Crippen LogP contribution in [0.2, 0.25) is 0 Å². The third-order valence-electron chi connectivity index (χ3n) is 6.04. The van der Waals surface area contributed by atoms with Crippen molar-refractivity contribution in [2.24, 2.45) is 7.05 Å². The molecule has 4 rings (SSSR count). The van der Waals surface area contributed by atoms with Crippen LogP contribution in [0.4, 0.5) is 29.3 Å². The van der Waals surface area contributed by atoms with E-state index in [0.717, 1.165) is 15.6 Å². The summed E-state index contributed by atoms with van der Waals surface area (Å²) in [6, 6.07) is 1.54. The van der Waals surface area contributed by atoms with Crippen LogP contribution in [-0.4, -0.2) is 70.1 Å². The molecule has 0 bridgehead atoms. The highest BCUT2D eigenvalue weighted by atomic mass is 19.4. The minimum Gasteiger partial charge on any atom is -0.377 e. The van der Waals surface area contributed by atoms with Gasteiger partial charge in [0.15, 0.2) is 5.65 Å². The number of urea groups is 1. The quantitative estimate of drug-likeness (QED) is 0.595. The van der Waals surface area contributed by atoms with Crippen molar-refractivity contribution in [2.45, 2.75) is 24.7 Å². The third-order valence-corrected chi connectivity index (χ3v) is 6.04. The number of pyridine rings is 2. The summed E-state index contributed by atoms with van der Waals surface area (Å²) in [7, 11) is 4.26. The molecule has 10 nitrogen and oxygen atoms in total. The molecule has 1 saturated heterocycles. The zero-order valence-electron chi connectivity index (χ0n) is 18.8. The third kappa shape index (κ3) is 4.55. The normalized spacial score (nSPS) is 18.8. The number of rotatable bonds is 4. The van der Waals surface area contributed by atoms with Gasteiger partial charge in [-0.15, -0.1) is 0 Å². The first-order valence-corrected chi connectivity index (χ1v) is 10.5. The summed E-state index contributed by atoms with van der Waals surface area (Å²) in [4.78, 5) is 33.0. The van der Waals surface area contributed by atoms with Gasteiger partial charge in [-0.1, -0.05) is 0 Å². The number of amides is 2. The van der Waals surface area contributed by atoms with Gasteiger partial charge in [0.25, 0.3) is 5.56 Å². The Balaban J connectivity index is 1.48. The van der Waals surface area contributed by atoms with Crippen LogP contribution in [0.3, 0.4) is 0 Å². The van der Waals surface area contributed by atoms with Crippen molar-refractivity contribution in [3.05, 3.63) is 46.6 Å². The number of fused-ring (bicyclic) bond motifs is 1. The van der Waals surface area contributed by atoms with Crippen molar-refractivity contribution < 1.29 is 22.7 Å². The number of nitrogens with one attached hydrogen (secondary N) is 2. The highest BCUT2D eigenvalue weighted by molar-refractivity contribution is 5.89. The van der Waals surface area contributed by atoms with Gasteiger partial charge in [-0.2, -0.15) is 18.3 Å². The molecule has 13 heteroatoms. The molecule has 3 aromatic rings. The lowest BCUT2D eigenvalue weighted by atomic mass is 10.00. The number of anilines is 2. The number of ether oxygens (including phenoxy) is 1. The first-order valence-electron chi connectivity index (χ1n) is 10.5. The van der Waals surface area contributed by atoms with E-state index in [1.165, 1.54) is 26.1 Å². The number of likely N-dealkylation sites (N-methyl/N-ethyl adjacent to an activating group) is 1. The standard InChI is InChI=1S/C21H24F3N7O3/c1-29-10-13(21(22,23)24)7-15(19(29)32)27-20(33)30(2)16-4-5-31(11-17(16)34-3)14-6-12-8-26-28-18(12)25-9-14/h6-10,16-17H,4-5,11H2,1-3H3,(H,27,33)(H,25,26,28)/t16-,17-/m0/s1. The van der Waals surface area contributed by atoms with Crippen molar-refractivity contribution in [1.82, 2.24) is 24.6 Å². The van der Waals surface area contributed by atoms with E-state index in [-0.39, 0.29) is 12.1 Å². The van der Waals surface area contributed by atoms with Gasteiger partial charge >= 0.3 is 12.2 Å². The Kier molecular flexibility index (Phi) is 6.21. The molecule has 0 radical (unpaired) electrons. The lowest BCUT2D eigenvalue weighted by Crippen LogP contribution is -2.56. The van der Waals surface area contributed by atoms with Gasteiger partial charge in [0.1, 0.15) is 5.69 Å². The maximum Gasteiger partial charge on any atom is 0.417 e. The van der Waals surface area contributed by atoms with Crippen molar-refractivity contribution in [1.29, 1.82) is 0 Å². The number of alkyl halides is 3. The molecule has 1 aliphatic heterocycles. The van der Waals surface area contributed by atoms with Gasteiger partial charge in [0.2, 0.25) is 0 Å². The number of piperidine rings is 1. The van der Waals surface area contributed by atoms with E-state index in [1.54, 1.807) is 12.4 Å². The molecule has 2 amide bonds. The van der Waals surface area contributed by atoms with Crippen LogP contribution in [0.15, 0.2) is 35.5 Å². The Labute approximate surface area is 192 Å².